The molecule has 0 saturated carbocycles. The molecular formula is C8H6ClNaO3. The van der Waals surface area contributed by atoms with Gasteiger partial charge in [0, 0.05) is 10.6 Å². The molecule has 1 atom stereocenters. The number of carboxylic acids is 1. The van der Waals surface area contributed by atoms with Crippen molar-refractivity contribution in [3.8, 4) is 0 Å². The normalized spacial score (nSPS) is 11.5. The van der Waals surface area contributed by atoms with Crippen molar-refractivity contribution in [3.63, 3.8) is 0 Å². The first-order valence-electron chi connectivity index (χ1n) is 3.26. The molecule has 1 aromatic rings. The second kappa shape index (κ2) is 5.62. The number of aliphatic hydroxyl groups is 1. The van der Waals surface area contributed by atoms with Crippen molar-refractivity contribution >= 4 is 17.6 Å². The van der Waals surface area contributed by atoms with E-state index < -0.39 is 12.1 Å². The van der Waals surface area contributed by atoms with Gasteiger partial charge in [-0.05, 0) is 6.07 Å². The van der Waals surface area contributed by atoms with Gasteiger partial charge in [-0.3, -0.25) is 0 Å². The summed E-state index contributed by atoms with van der Waals surface area (Å²) in [7, 11) is 0. The first-order valence-corrected chi connectivity index (χ1v) is 3.64. The van der Waals surface area contributed by atoms with E-state index in [2.05, 4.69) is 0 Å². The molecule has 0 saturated heterocycles. The van der Waals surface area contributed by atoms with Gasteiger partial charge in [-0.1, -0.05) is 29.8 Å². The topological polar surface area (TPSA) is 60.4 Å². The third kappa shape index (κ3) is 3.29. The van der Waals surface area contributed by atoms with Crippen LogP contribution < -0.4 is 34.7 Å². The zero-order chi connectivity index (χ0) is 9.14. The molecule has 0 aliphatic heterocycles. The molecule has 1 aromatic carbocycles. The number of rotatable bonds is 2. The predicted molar refractivity (Wildman–Crippen MR) is 41.4 cm³/mol. The number of aliphatic carboxylic acids is 1. The Balaban J connectivity index is 0.00000144. The molecule has 0 aliphatic rings. The molecule has 64 valence electrons. The largest absolute Gasteiger partial charge is 1.00 e. The Morgan fingerprint density at radius 2 is 2.00 bits per heavy atom. The van der Waals surface area contributed by atoms with E-state index in [1.54, 1.807) is 12.1 Å². The van der Waals surface area contributed by atoms with E-state index in [1.807, 2.05) is 0 Å². The Labute approximate surface area is 103 Å². The van der Waals surface area contributed by atoms with Gasteiger partial charge in [0.15, 0.2) is 0 Å². The fourth-order valence-electron chi connectivity index (χ4n) is 0.824. The van der Waals surface area contributed by atoms with Gasteiger partial charge in [0.25, 0.3) is 0 Å². The van der Waals surface area contributed by atoms with E-state index >= 15 is 0 Å². The quantitative estimate of drug-likeness (QED) is 0.532. The molecular weight excluding hydrogens is 203 g/mol. The minimum atomic E-state index is -1.65. The van der Waals surface area contributed by atoms with Crippen LogP contribution in [-0.4, -0.2) is 11.1 Å². The predicted octanol–water partition coefficient (Wildman–Crippen LogP) is -2.87. The molecule has 0 amide bonds. The van der Waals surface area contributed by atoms with Crippen LogP contribution in [0, 0.1) is 0 Å². The van der Waals surface area contributed by atoms with Gasteiger partial charge in [-0.25, -0.2) is 0 Å². The first kappa shape index (κ1) is 12.9. The zero-order valence-electron chi connectivity index (χ0n) is 7.03. The standard InChI is InChI=1S/C8H7ClO3.Na/c9-6-4-2-1-3-5(6)7(10)8(11)12;/h1-4,7,10H,(H,11,12);/q;+1/p-1. The molecule has 0 aromatic heterocycles. The summed E-state index contributed by atoms with van der Waals surface area (Å²) in [4.78, 5) is 10.2. The van der Waals surface area contributed by atoms with Gasteiger partial charge in [-0.2, -0.15) is 0 Å². The van der Waals surface area contributed by atoms with Crippen molar-refractivity contribution in [3.05, 3.63) is 34.9 Å². The number of carbonyl (C=O) groups excluding carboxylic acids is 1. The SMILES string of the molecule is O=C([O-])C(O)c1ccccc1Cl.[Na+]. The van der Waals surface area contributed by atoms with Crippen molar-refractivity contribution in [2.24, 2.45) is 0 Å². The minimum absolute atomic E-state index is 0. The van der Waals surface area contributed by atoms with E-state index in [1.165, 1.54) is 12.1 Å². The van der Waals surface area contributed by atoms with Crippen LogP contribution in [0.2, 0.25) is 5.02 Å². The molecule has 0 spiro atoms. The Bertz CT molecular complexity index is 303. The summed E-state index contributed by atoms with van der Waals surface area (Å²) in [5.74, 6) is -1.55. The number of hydrogen-bond donors (Lipinski definition) is 1. The van der Waals surface area contributed by atoms with Gasteiger partial charge in [0.1, 0.15) is 6.10 Å². The van der Waals surface area contributed by atoms with Crippen LogP contribution in [0.5, 0.6) is 0 Å². The van der Waals surface area contributed by atoms with Crippen molar-refractivity contribution < 1.29 is 44.6 Å². The van der Waals surface area contributed by atoms with E-state index in [9.17, 15) is 9.90 Å². The summed E-state index contributed by atoms with van der Waals surface area (Å²) in [6.45, 7) is 0. The summed E-state index contributed by atoms with van der Waals surface area (Å²) in [5, 5.41) is 19.5. The number of benzene rings is 1. The first-order chi connectivity index (χ1) is 5.63. The fourth-order valence-corrected chi connectivity index (χ4v) is 1.06. The van der Waals surface area contributed by atoms with E-state index in [-0.39, 0.29) is 40.1 Å². The minimum Gasteiger partial charge on any atom is -0.547 e. The third-order valence-electron chi connectivity index (χ3n) is 1.42. The number of hydrogen-bond acceptors (Lipinski definition) is 3. The van der Waals surface area contributed by atoms with Crippen LogP contribution >= 0.6 is 11.6 Å². The average Bonchev–Trinajstić information content (AvgIpc) is 2.04. The number of carboxylic acid groups (broad SMARTS) is 1. The maximum Gasteiger partial charge on any atom is 1.00 e. The van der Waals surface area contributed by atoms with E-state index in [0.29, 0.717) is 0 Å². The third-order valence-corrected chi connectivity index (χ3v) is 1.77. The maximum absolute atomic E-state index is 10.2. The number of aliphatic hydroxyl groups excluding tert-OH is 1. The Morgan fingerprint density at radius 1 is 1.46 bits per heavy atom. The van der Waals surface area contributed by atoms with Crippen molar-refractivity contribution in [2.75, 3.05) is 0 Å². The summed E-state index contributed by atoms with van der Waals surface area (Å²) in [6.07, 6.45) is -1.65. The van der Waals surface area contributed by atoms with E-state index in [4.69, 9.17) is 16.7 Å². The van der Waals surface area contributed by atoms with E-state index in [0.717, 1.165) is 0 Å². The van der Waals surface area contributed by atoms with Gasteiger partial charge in [0.2, 0.25) is 0 Å². The number of halogens is 1. The summed E-state index contributed by atoms with van der Waals surface area (Å²) < 4.78 is 0. The van der Waals surface area contributed by atoms with Gasteiger partial charge in [-0.15, -0.1) is 0 Å². The molecule has 0 bridgehead atoms. The molecule has 3 nitrogen and oxygen atoms in total. The second-order valence-electron chi connectivity index (χ2n) is 2.24. The van der Waals surface area contributed by atoms with Crippen molar-refractivity contribution in [1.82, 2.24) is 0 Å². The van der Waals surface area contributed by atoms with Crippen LogP contribution in [0.15, 0.2) is 24.3 Å². The van der Waals surface area contributed by atoms with Crippen LogP contribution in [-0.2, 0) is 4.79 Å². The Hall–Kier alpha value is -0.0600. The van der Waals surface area contributed by atoms with Gasteiger partial charge in [0.05, 0.1) is 5.97 Å². The second-order valence-corrected chi connectivity index (χ2v) is 2.65. The van der Waals surface area contributed by atoms with Crippen LogP contribution in [0.3, 0.4) is 0 Å². The molecule has 5 heteroatoms. The summed E-state index contributed by atoms with van der Waals surface area (Å²) in [6, 6.07) is 6.17. The molecule has 1 unspecified atom stereocenters. The molecule has 1 rings (SSSR count). The van der Waals surface area contributed by atoms with Gasteiger partial charge >= 0.3 is 29.6 Å². The van der Waals surface area contributed by atoms with Crippen LogP contribution in [0.25, 0.3) is 0 Å². The molecule has 1 N–H and O–H groups in total. The smallest absolute Gasteiger partial charge is 0.547 e. The molecule has 13 heavy (non-hydrogen) atoms. The van der Waals surface area contributed by atoms with Crippen molar-refractivity contribution in [1.29, 1.82) is 0 Å². The average molecular weight is 209 g/mol. The summed E-state index contributed by atoms with van der Waals surface area (Å²) >= 11 is 5.61. The van der Waals surface area contributed by atoms with Crippen LogP contribution in [0.4, 0.5) is 0 Å². The molecule has 0 fully saturated rings. The molecule has 0 heterocycles. The molecule has 0 aliphatic carbocycles. The van der Waals surface area contributed by atoms with Crippen molar-refractivity contribution in [2.45, 2.75) is 6.10 Å². The van der Waals surface area contributed by atoms with Gasteiger partial charge < -0.3 is 15.0 Å². The van der Waals surface area contributed by atoms with Crippen LogP contribution in [0.1, 0.15) is 11.7 Å². The number of carbonyl (C=O) groups is 1. The molecule has 0 radical (unpaired) electrons. The Morgan fingerprint density at radius 3 is 2.46 bits per heavy atom. The zero-order valence-corrected chi connectivity index (χ0v) is 9.78. The Kier molecular flexibility index (Phi) is 5.60. The maximum atomic E-state index is 10.2. The monoisotopic (exact) mass is 208 g/mol. The summed E-state index contributed by atoms with van der Waals surface area (Å²) in [5.41, 5.74) is 0.152. The fraction of sp³-hybridized carbons (Fsp3) is 0.125.